The van der Waals surface area contributed by atoms with Crippen LogP contribution in [0.15, 0.2) is 42.6 Å². The average molecular weight is 333 g/mol. The zero-order valence-corrected chi connectivity index (χ0v) is 13.3. The van der Waals surface area contributed by atoms with E-state index in [4.69, 9.17) is 21.1 Å². The lowest BCUT2D eigenvalue weighted by Gasteiger charge is -2.21. The minimum absolute atomic E-state index is 0.00210. The Labute approximate surface area is 139 Å². The Bertz CT molecular complexity index is 653. The Morgan fingerprint density at radius 3 is 2.74 bits per heavy atom. The van der Waals surface area contributed by atoms with Crippen LogP contribution in [0.3, 0.4) is 0 Å². The number of pyridine rings is 1. The van der Waals surface area contributed by atoms with Gasteiger partial charge < -0.3 is 14.8 Å². The standard InChI is InChI=1S/C17H17ClN2O3/c18-13-3-8-16(19-10-13)23-15-6-4-14(5-7-15)20-17(21)12-2-1-9-22-11-12/h3-8,10,12H,1-2,9,11H2,(H,20,21). The molecular weight excluding hydrogens is 316 g/mol. The minimum Gasteiger partial charge on any atom is -0.439 e. The van der Waals surface area contributed by atoms with Crippen molar-refractivity contribution in [3.8, 4) is 11.6 Å². The van der Waals surface area contributed by atoms with E-state index < -0.39 is 0 Å². The van der Waals surface area contributed by atoms with Crippen molar-refractivity contribution >= 4 is 23.2 Å². The number of amides is 1. The third-order valence-electron chi connectivity index (χ3n) is 3.58. The molecule has 23 heavy (non-hydrogen) atoms. The smallest absolute Gasteiger partial charge is 0.229 e. The Hall–Kier alpha value is -2.11. The summed E-state index contributed by atoms with van der Waals surface area (Å²) in [6.45, 7) is 1.24. The first-order chi connectivity index (χ1) is 11.2. The molecule has 0 aliphatic carbocycles. The third kappa shape index (κ3) is 4.43. The van der Waals surface area contributed by atoms with Crippen LogP contribution in [0.4, 0.5) is 5.69 Å². The van der Waals surface area contributed by atoms with Gasteiger partial charge in [0.25, 0.3) is 0 Å². The zero-order chi connectivity index (χ0) is 16.1. The van der Waals surface area contributed by atoms with Crippen molar-refractivity contribution in [3.05, 3.63) is 47.6 Å². The van der Waals surface area contributed by atoms with Gasteiger partial charge in [-0.05, 0) is 43.2 Å². The number of nitrogens with zero attached hydrogens (tertiary/aromatic N) is 1. The molecule has 1 N–H and O–H groups in total. The molecule has 2 aromatic rings. The number of anilines is 1. The molecule has 1 aliphatic heterocycles. The van der Waals surface area contributed by atoms with Gasteiger partial charge in [-0.1, -0.05) is 11.6 Å². The number of hydrogen-bond acceptors (Lipinski definition) is 4. The van der Waals surface area contributed by atoms with E-state index in [0.717, 1.165) is 25.1 Å². The van der Waals surface area contributed by atoms with Gasteiger partial charge in [0.1, 0.15) is 5.75 Å². The Balaban J connectivity index is 1.58. The lowest BCUT2D eigenvalue weighted by atomic mass is 10.0. The molecule has 1 aliphatic rings. The van der Waals surface area contributed by atoms with Crippen LogP contribution >= 0.6 is 11.6 Å². The summed E-state index contributed by atoms with van der Waals surface area (Å²) in [5.74, 6) is 1.03. The number of halogens is 1. The van der Waals surface area contributed by atoms with Crippen LogP contribution in [0.2, 0.25) is 5.02 Å². The van der Waals surface area contributed by atoms with E-state index in [9.17, 15) is 4.79 Å². The summed E-state index contributed by atoms with van der Waals surface area (Å²) < 4.78 is 10.9. The van der Waals surface area contributed by atoms with Gasteiger partial charge in [-0.15, -0.1) is 0 Å². The van der Waals surface area contributed by atoms with E-state index in [1.165, 1.54) is 6.20 Å². The number of rotatable bonds is 4. The lowest BCUT2D eigenvalue weighted by Crippen LogP contribution is -2.30. The normalized spacial score (nSPS) is 17.5. The number of carbonyl (C=O) groups excluding carboxylic acids is 1. The molecule has 1 aromatic carbocycles. The van der Waals surface area contributed by atoms with Crippen molar-refractivity contribution in [2.45, 2.75) is 12.8 Å². The highest BCUT2D eigenvalue weighted by Crippen LogP contribution is 2.23. The first kappa shape index (κ1) is 15.8. The van der Waals surface area contributed by atoms with Crippen molar-refractivity contribution in [2.75, 3.05) is 18.5 Å². The number of hydrogen-bond donors (Lipinski definition) is 1. The maximum Gasteiger partial charge on any atom is 0.229 e. The van der Waals surface area contributed by atoms with Gasteiger partial charge in [-0.2, -0.15) is 0 Å². The van der Waals surface area contributed by atoms with Crippen molar-refractivity contribution in [1.82, 2.24) is 4.98 Å². The van der Waals surface area contributed by atoms with Crippen molar-refractivity contribution in [3.63, 3.8) is 0 Å². The molecule has 1 aromatic heterocycles. The van der Waals surface area contributed by atoms with E-state index in [1.54, 1.807) is 36.4 Å². The second-order valence-corrected chi connectivity index (χ2v) is 5.78. The van der Waals surface area contributed by atoms with Crippen molar-refractivity contribution in [2.24, 2.45) is 5.92 Å². The van der Waals surface area contributed by atoms with Gasteiger partial charge in [0, 0.05) is 24.6 Å². The van der Waals surface area contributed by atoms with E-state index in [-0.39, 0.29) is 11.8 Å². The SMILES string of the molecule is O=C(Nc1ccc(Oc2ccc(Cl)cn2)cc1)C1CCCOC1. The van der Waals surface area contributed by atoms with Gasteiger partial charge in [0.15, 0.2) is 0 Å². The van der Waals surface area contributed by atoms with Crippen LogP contribution in [0.25, 0.3) is 0 Å². The second kappa shape index (κ2) is 7.44. The van der Waals surface area contributed by atoms with Crippen LogP contribution in [0.1, 0.15) is 12.8 Å². The van der Waals surface area contributed by atoms with Crippen LogP contribution in [-0.4, -0.2) is 24.1 Å². The molecule has 5 nitrogen and oxygen atoms in total. The van der Waals surface area contributed by atoms with E-state index in [0.29, 0.717) is 23.3 Å². The monoisotopic (exact) mass is 332 g/mol. The molecule has 1 atom stereocenters. The summed E-state index contributed by atoms with van der Waals surface area (Å²) in [6.07, 6.45) is 3.33. The van der Waals surface area contributed by atoms with Gasteiger partial charge in [0.2, 0.25) is 11.8 Å². The molecule has 2 heterocycles. The van der Waals surface area contributed by atoms with E-state index in [1.807, 2.05) is 0 Å². The summed E-state index contributed by atoms with van der Waals surface area (Å²) in [7, 11) is 0. The molecule has 0 spiro atoms. The number of aromatic nitrogens is 1. The lowest BCUT2D eigenvalue weighted by molar-refractivity contribution is -0.123. The van der Waals surface area contributed by atoms with E-state index >= 15 is 0 Å². The van der Waals surface area contributed by atoms with Crippen molar-refractivity contribution in [1.29, 1.82) is 0 Å². The van der Waals surface area contributed by atoms with Gasteiger partial charge >= 0.3 is 0 Å². The van der Waals surface area contributed by atoms with Gasteiger partial charge in [-0.25, -0.2) is 4.98 Å². The predicted molar refractivity (Wildman–Crippen MR) is 87.9 cm³/mol. The summed E-state index contributed by atoms with van der Waals surface area (Å²) in [6, 6.07) is 10.6. The number of carbonyl (C=O) groups is 1. The van der Waals surface area contributed by atoms with E-state index in [2.05, 4.69) is 10.3 Å². The van der Waals surface area contributed by atoms with Crippen molar-refractivity contribution < 1.29 is 14.3 Å². The predicted octanol–water partition coefficient (Wildman–Crippen LogP) is 3.89. The first-order valence-electron chi connectivity index (χ1n) is 7.49. The van der Waals surface area contributed by atoms with Gasteiger partial charge in [0.05, 0.1) is 17.5 Å². The fraction of sp³-hybridized carbons (Fsp3) is 0.294. The molecule has 1 amide bonds. The highest BCUT2D eigenvalue weighted by Gasteiger charge is 2.21. The molecule has 1 fully saturated rings. The number of ether oxygens (including phenoxy) is 2. The zero-order valence-electron chi connectivity index (χ0n) is 12.5. The highest BCUT2D eigenvalue weighted by molar-refractivity contribution is 6.30. The largest absolute Gasteiger partial charge is 0.439 e. The van der Waals surface area contributed by atoms with Crippen LogP contribution < -0.4 is 10.1 Å². The Kier molecular flexibility index (Phi) is 5.10. The molecule has 6 heteroatoms. The van der Waals surface area contributed by atoms with Crippen LogP contribution in [0, 0.1) is 5.92 Å². The first-order valence-corrected chi connectivity index (χ1v) is 7.86. The summed E-state index contributed by atoms with van der Waals surface area (Å²) in [5.41, 5.74) is 0.733. The summed E-state index contributed by atoms with van der Waals surface area (Å²) in [5, 5.41) is 3.46. The number of benzene rings is 1. The Morgan fingerprint density at radius 1 is 1.26 bits per heavy atom. The molecule has 1 saturated heterocycles. The molecule has 0 bridgehead atoms. The maximum atomic E-state index is 12.1. The molecule has 120 valence electrons. The van der Waals surface area contributed by atoms with Crippen LogP contribution in [0.5, 0.6) is 11.6 Å². The van der Waals surface area contributed by atoms with Crippen LogP contribution in [-0.2, 0) is 9.53 Å². The molecule has 1 unspecified atom stereocenters. The maximum absolute atomic E-state index is 12.1. The fourth-order valence-corrected chi connectivity index (χ4v) is 2.45. The molecule has 3 rings (SSSR count). The number of nitrogens with one attached hydrogen (secondary N) is 1. The summed E-state index contributed by atoms with van der Waals surface area (Å²) in [4.78, 5) is 16.2. The quantitative estimate of drug-likeness (QED) is 0.922. The minimum atomic E-state index is -0.0713. The second-order valence-electron chi connectivity index (χ2n) is 5.34. The molecular formula is C17H17ClN2O3. The molecule has 0 saturated carbocycles. The van der Waals surface area contributed by atoms with Gasteiger partial charge in [-0.3, -0.25) is 4.79 Å². The highest BCUT2D eigenvalue weighted by atomic mass is 35.5. The Morgan fingerprint density at radius 2 is 2.09 bits per heavy atom. The third-order valence-corrected chi connectivity index (χ3v) is 3.80. The average Bonchev–Trinajstić information content (AvgIpc) is 2.59. The fourth-order valence-electron chi connectivity index (χ4n) is 2.34. The summed E-state index contributed by atoms with van der Waals surface area (Å²) >= 11 is 5.78. The topological polar surface area (TPSA) is 60.5 Å². The molecule has 0 radical (unpaired) electrons.